The summed E-state index contributed by atoms with van der Waals surface area (Å²) in [6.07, 6.45) is 1.01. The van der Waals surface area contributed by atoms with E-state index in [-0.39, 0.29) is 18.2 Å². The fraction of sp³-hybridized carbons (Fsp3) is 0.357. The molecule has 1 atom stereocenters. The van der Waals surface area contributed by atoms with Crippen molar-refractivity contribution in [3.63, 3.8) is 0 Å². The maximum absolute atomic E-state index is 11.9. The van der Waals surface area contributed by atoms with Crippen LogP contribution in [0.15, 0.2) is 28.7 Å². The van der Waals surface area contributed by atoms with Crippen molar-refractivity contribution < 1.29 is 14.3 Å². The summed E-state index contributed by atoms with van der Waals surface area (Å²) in [7, 11) is 0. The van der Waals surface area contributed by atoms with E-state index in [0.717, 1.165) is 11.8 Å². The lowest BCUT2D eigenvalue weighted by Gasteiger charge is -2.09. The molecule has 102 valence electrons. The van der Waals surface area contributed by atoms with Crippen LogP contribution in [0.2, 0.25) is 5.02 Å². The molecule has 2 rings (SSSR count). The van der Waals surface area contributed by atoms with Crippen LogP contribution in [0.1, 0.15) is 30.3 Å². The number of aliphatic hydroxyl groups excluding tert-OH is 1. The van der Waals surface area contributed by atoms with Gasteiger partial charge >= 0.3 is 0 Å². The first kappa shape index (κ1) is 13.9. The highest BCUT2D eigenvalue weighted by Gasteiger charge is 2.14. The lowest BCUT2D eigenvalue weighted by atomic mass is 10.2. The zero-order chi connectivity index (χ0) is 13.8. The molecule has 0 aliphatic rings. The Labute approximate surface area is 116 Å². The van der Waals surface area contributed by atoms with E-state index in [4.69, 9.17) is 16.0 Å². The van der Waals surface area contributed by atoms with Gasteiger partial charge in [-0.25, -0.2) is 0 Å². The second kappa shape index (κ2) is 6.08. The third kappa shape index (κ3) is 3.28. The molecule has 0 fully saturated rings. The quantitative estimate of drug-likeness (QED) is 0.886. The molecule has 1 unspecified atom stereocenters. The standard InChI is InChI=1S/C14H16ClNO3/c1-2-4-10(17)8-16-14(18)12-7-9-5-3-6-11(15)13(9)19-12/h3,5-7,10,17H,2,4,8H2,1H3,(H,16,18). The summed E-state index contributed by atoms with van der Waals surface area (Å²) in [5.41, 5.74) is 0.503. The predicted molar refractivity (Wildman–Crippen MR) is 74.5 cm³/mol. The van der Waals surface area contributed by atoms with Gasteiger partial charge in [-0.1, -0.05) is 37.1 Å². The van der Waals surface area contributed by atoms with E-state index in [1.807, 2.05) is 13.0 Å². The summed E-state index contributed by atoms with van der Waals surface area (Å²) < 4.78 is 5.43. The van der Waals surface area contributed by atoms with Crippen LogP contribution in [0.4, 0.5) is 0 Å². The number of carbonyl (C=O) groups excluding carboxylic acids is 1. The molecule has 1 amide bonds. The van der Waals surface area contributed by atoms with Crippen molar-refractivity contribution in [1.82, 2.24) is 5.32 Å². The van der Waals surface area contributed by atoms with E-state index in [1.54, 1.807) is 18.2 Å². The molecule has 5 heteroatoms. The first-order valence-corrected chi connectivity index (χ1v) is 6.64. The molecule has 0 aliphatic carbocycles. The van der Waals surface area contributed by atoms with Crippen molar-refractivity contribution >= 4 is 28.5 Å². The van der Waals surface area contributed by atoms with Crippen molar-refractivity contribution in [1.29, 1.82) is 0 Å². The molecule has 0 bridgehead atoms. The molecule has 0 aliphatic heterocycles. The van der Waals surface area contributed by atoms with Gasteiger partial charge in [0.05, 0.1) is 11.1 Å². The number of carbonyl (C=O) groups is 1. The number of fused-ring (bicyclic) bond motifs is 1. The number of aliphatic hydroxyl groups is 1. The SMILES string of the molecule is CCCC(O)CNC(=O)c1cc2cccc(Cl)c2o1. The van der Waals surface area contributed by atoms with Crippen molar-refractivity contribution in [2.75, 3.05) is 6.54 Å². The Balaban J connectivity index is 2.07. The highest BCUT2D eigenvalue weighted by Crippen LogP contribution is 2.26. The molecular formula is C14H16ClNO3. The summed E-state index contributed by atoms with van der Waals surface area (Å²) in [5, 5.41) is 13.5. The molecule has 19 heavy (non-hydrogen) atoms. The van der Waals surface area contributed by atoms with E-state index in [9.17, 15) is 9.90 Å². The third-order valence-corrected chi connectivity index (χ3v) is 3.14. The molecule has 1 aromatic heterocycles. The number of amides is 1. The molecule has 4 nitrogen and oxygen atoms in total. The minimum absolute atomic E-state index is 0.201. The largest absolute Gasteiger partial charge is 0.449 e. The summed E-state index contributed by atoms with van der Waals surface area (Å²) in [6, 6.07) is 6.98. The zero-order valence-electron chi connectivity index (χ0n) is 10.6. The highest BCUT2D eigenvalue weighted by atomic mass is 35.5. The van der Waals surface area contributed by atoms with Gasteiger partial charge in [0.15, 0.2) is 11.3 Å². The molecule has 0 radical (unpaired) electrons. The summed E-state index contributed by atoms with van der Waals surface area (Å²) in [6.45, 7) is 2.20. The van der Waals surface area contributed by atoms with Crippen LogP contribution in [0.5, 0.6) is 0 Å². The van der Waals surface area contributed by atoms with Gasteiger partial charge in [0, 0.05) is 11.9 Å². The summed E-state index contributed by atoms with van der Waals surface area (Å²) in [4.78, 5) is 11.9. The Kier molecular flexibility index (Phi) is 4.45. The number of para-hydroxylation sites is 1. The maximum Gasteiger partial charge on any atom is 0.287 e. The number of halogens is 1. The van der Waals surface area contributed by atoms with Crippen LogP contribution < -0.4 is 5.32 Å². The van der Waals surface area contributed by atoms with Crippen LogP contribution in [-0.4, -0.2) is 23.7 Å². The summed E-state index contributed by atoms with van der Waals surface area (Å²) in [5.74, 6) is -0.144. The zero-order valence-corrected chi connectivity index (χ0v) is 11.4. The Morgan fingerprint density at radius 3 is 3.00 bits per heavy atom. The van der Waals surface area contributed by atoms with E-state index in [1.165, 1.54) is 0 Å². The second-order valence-corrected chi connectivity index (χ2v) is 4.83. The Bertz CT molecular complexity index is 579. The average Bonchev–Trinajstić information content (AvgIpc) is 2.82. The number of benzene rings is 1. The first-order valence-electron chi connectivity index (χ1n) is 6.26. The monoisotopic (exact) mass is 281 g/mol. The van der Waals surface area contributed by atoms with Gasteiger partial charge in [-0.3, -0.25) is 4.79 Å². The second-order valence-electron chi connectivity index (χ2n) is 4.42. The van der Waals surface area contributed by atoms with Crippen LogP contribution in [0, 0.1) is 0 Å². The molecular weight excluding hydrogens is 266 g/mol. The van der Waals surface area contributed by atoms with Crippen LogP contribution in [0.3, 0.4) is 0 Å². The van der Waals surface area contributed by atoms with Gasteiger partial charge in [-0.05, 0) is 18.6 Å². The highest BCUT2D eigenvalue weighted by molar-refractivity contribution is 6.34. The Hall–Kier alpha value is -1.52. The predicted octanol–water partition coefficient (Wildman–Crippen LogP) is 2.98. The Morgan fingerprint density at radius 2 is 2.32 bits per heavy atom. The number of hydrogen-bond acceptors (Lipinski definition) is 3. The molecule has 0 saturated carbocycles. The number of furan rings is 1. The topological polar surface area (TPSA) is 62.5 Å². The van der Waals surface area contributed by atoms with Gasteiger partial charge in [0.25, 0.3) is 5.91 Å². The lowest BCUT2D eigenvalue weighted by Crippen LogP contribution is -2.31. The van der Waals surface area contributed by atoms with Crippen LogP contribution in [0.25, 0.3) is 11.0 Å². The fourth-order valence-corrected chi connectivity index (χ4v) is 2.09. The minimum Gasteiger partial charge on any atom is -0.449 e. The third-order valence-electron chi connectivity index (χ3n) is 2.84. The van der Waals surface area contributed by atoms with Crippen molar-refractivity contribution in [3.05, 3.63) is 35.0 Å². The van der Waals surface area contributed by atoms with Gasteiger partial charge in [-0.15, -0.1) is 0 Å². The molecule has 0 saturated heterocycles. The van der Waals surface area contributed by atoms with Crippen molar-refractivity contribution in [2.45, 2.75) is 25.9 Å². The van der Waals surface area contributed by atoms with Crippen LogP contribution in [-0.2, 0) is 0 Å². The number of hydrogen-bond donors (Lipinski definition) is 2. The number of nitrogens with one attached hydrogen (secondary N) is 1. The van der Waals surface area contributed by atoms with Gasteiger partial charge in [-0.2, -0.15) is 0 Å². The van der Waals surface area contributed by atoms with E-state index in [0.29, 0.717) is 17.0 Å². The normalized spacial score (nSPS) is 12.6. The molecule has 1 heterocycles. The van der Waals surface area contributed by atoms with E-state index >= 15 is 0 Å². The number of rotatable bonds is 5. The lowest BCUT2D eigenvalue weighted by molar-refractivity contribution is 0.0885. The van der Waals surface area contributed by atoms with Crippen molar-refractivity contribution in [2.24, 2.45) is 0 Å². The average molecular weight is 282 g/mol. The molecule has 1 aromatic carbocycles. The maximum atomic E-state index is 11.9. The fourth-order valence-electron chi connectivity index (χ4n) is 1.87. The van der Waals surface area contributed by atoms with Gasteiger partial charge in [0.1, 0.15) is 0 Å². The molecule has 2 aromatic rings. The van der Waals surface area contributed by atoms with Gasteiger partial charge < -0.3 is 14.8 Å². The Morgan fingerprint density at radius 1 is 1.53 bits per heavy atom. The van der Waals surface area contributed by atoms with E-state index in [2.05, 4.69) is 5.32 Å². The molecule has 0 spiro atoms. The summed E-state index contributed by atoms with van der Waals surface area (Å²) >= 11 is 5.98. The van der Waals surface area contributed by atoms with E-state index < -0.39 is 6.10 Å². The van der Waals surface area contributed by atoms with Gasteiger partial charge in [0.2, 0.25) is 0 Å². The smallest absolute Gasteiger partial charge is 0.287 e. The van der Waals surface area contributed by atoms with Crippen LogP contribution >= 0.6 is 11.6 Å². The molecule has 2 N–H and O–H groups in total. The van der Waals surface area contributed by atoms with Crippen molar-refractivity contribution in [3.8, 4) is 0 Å². The minimum atomic E-state index is -0.526. The first-order chi connectivity index (χ1) is 9.11.